The van der Waals surface area contributed by atoms with Crippen molar-refractivity contribution >= 4 is 23.6 Å². The highest BCUT2D eigenvalue weighted by Gasteiger charge is 2.23. The molecule has 1 atom stereocenters. The van der Waals surface area contributed by atoms with Gasteiger partial charge >= 0.3 is 0 Å². The molecule has 178 valence electrons. The second kappa shape index (κ2) is 11.0. The van der Waals surface area contributed by atoms with Crippen LogP contribution in [-0.2, 0) is 9.59 Å². The van der Waals surface area contributed by atoms with E-state index in [0.717, 1.165) is 23.0 Å². The summed E-state index contributed by atoms with van der Waals surface area (Å²) in [7, 11) is 1.52. The molecule has 1 aromatic heterocycles. The van der Waals surface area contributed by atoms with Crippen molar-refractivity contribution in [2.75, 3.05) is 12.8 Å². The fraction of sp³-hybridized carbons (Fsp3) is 0.154. The van der Waals surface area contributed by atoms with E-state index in [-0.39, 0.29) is 17.6 Å². The van der Waals surface area contributed by atoms with Gasteiger partial charge in [-0.3, -0.25) is 14.2 Å². The van der Waals surface area contributed by atoms with E-state index in [0.29, 0.717) is 22.1 Å². The summed E-state index contributed by atoms with van der Waals surface area (Å²) in [6.07, 6.45) is 0. The van der Waals surface area contributed by atoms with Crippen molar-refractivity contribution in [3.63, 3.8) is 0 Å². The van der Waals surface area contributed by atoms with Gasteiger partial charge in [0, 0.05) is 12.7 Å². The van der Waals surface area contributed by atoms with E-state index in [9.17, 15) is 14.0 Å². The number of halogens is 1. The van der Waals surface area contributed by atoms with E-state index in [4.69, 9.17) is 0 Å². The average molecular weight is 490 g/mol. The molecule has 4 rings (SSSR count). The van der Waals surface area contributed by atoms with E-state index in [1.165, 1.54) is 13.1 Å². The summed E-state index contributed by atoms with van der Waals surface area (Å²) in [6.45, 7) is 1.98. The Morgan fingerprint density at radius 2 is 1.66 bits per heavy atom. The van der Waals surface area contributed by atoms with Gasteiger partial charge in [0.15, 0.2) is 11.0 Å². The highest BCUT2D eigenvalue weighted by molar-refractivity contribution is 7.99. The van der Waals surface area contributed by atoms with E-state index < -0.39 is 11.9 Å². The van der Waals surface area contributed by atoms with Crippen LogP contribution in [0.4, 0.5) is 4.39 Å². The molecule has 0 aliphatic rings. The molecule has 3 aromatic carbocycles. The van der Waals surface area contributed by atoms with Gasteiger partial charge in [-0.25, -0.2) is 4.39 Å². The third-order valence-electron chi connectivity index (χ3n) is 5.32. The third-order valence-corrected chi connectivity index (χ3v) is 6.25. The predicted octanol–water partition coefficient (Wildman–Crippen LogP) is 4.08. The Bertz CT molecular complexity index is 1330. The Labute approximate surface area is 206 Å². The van der Waals surface area contributed by atoms with Crippen LogP contribution in [0.5, 0.6) is 0 Å². The molecule has 35 heavy (non-hydrogen) atoms. The summed E-state index contributed by atoms with van der Waals surface area (Å²) in [5, 5.41) is 14.3. The lowest BCUT2D eigenvalue weighted by atomic mass is 10.1. The summed E-state index contributed by atoms with van der Waals surface area (Å²) in [5.41, 5.74) is 2.80. The number of aryl methyl sites for hydroxylation is 1. The largest absolute Gasteiger partial charge is 0.357 e. The van der Waals surface area contributed by atoms with Gasteiger partial charge in [0.05, 0.1) is 11.3 Å². The van der Waals surface area contributed by atoms with Gasteiger partial charge in [0.1, 0.15) is 11.9 Å². The quantitative estimate of drug-likeness (QED) is 0.364. The average Bonchev–Trinajstić information content (AvgIpc) is 3.30. The molecule has 0 bridgehead atoms. The number of carbonyl (C=O) groups is 2. The molecular weight excluding hydrogens is 465 g/mol. The van der Waals surface area contributed by atoms with Crippen LogP contribution in [-0.4, -0.2) is 39.4 Å². The zero-order chi connectivity index (χ0) is 24.8. The number of hydrogen-bond donors (Lipinski definition) is 2. The Balaban J connectivity index is 1.59. The number of hydrogen-bond acceptors (Lipinski definition) is 5. The van der Waals surface area contributed by atoms with Gasteiger partial charge in [-0.05, 0) is 36.8 Å². The molecule has 4 aromatic rings. The minimum absolute atomic E-state index is 0.0123. The van der Waals surface area contributed by atoms with Crippen molar-refractivity contribution in [2.45, 2.75) is 18.1 Å². The summed E-state index contributed by atoms with van der Waals surface area (Å²) in [6, 6.07) is 22.2. The molecule has 0 aliphatic carbocycles. The number of rotatable bonds is 8. The van der Waals surface area contributed by atoms with Gasteiger partial charge < -0.3 is 10.6 Å². The number of likely N-dealkylation sites (N-methyl/N-ethyl adjacent to an activating group) is 1. The van der Waals surface area contributed by atoms with Gasteiger partial charge in [-0.2, -0.15) is 0 Å². The minimum Gasteiger partial charge on any atom is -0.357 e. The topological polar surface area (TPSA) is 88.9 Å². The Morgan fingerprint density at radius 1 is 0.971 bits per heavy atom. The highest BCUT2D eigenvalue weighted by Crippen LogP contribution is 2.29. The first-order valence-corrected chi connectivity index (χ1v) is 11.9. The van der Waals surface area contributed by atoms with Crippen molar-refractivity contribution in [2.24, 2.45) is 0 Å². The molecular formula is C26H24FN5O2S. The Hall–Kier alpha value is -3.98. The molecule has 7 nitrogen and oxygen atoms in total. The van der Waals surface area contributed by atoms with Gasteiger partial charge in [0.25, 0.3) is 0 Å². The van der Waals surface area contributed by atoms with Crippen LogP contribution in [0.25, 0.3) is 17.1 Å². The first kappa shape index (κ1) is 24.2. The van der Waals surface area contributed by atoms with Crippen LogP contribution in [0, 0.1) is 12.7 Å². The van der Waals surface area contributed by atoms with E-state index in [1.54, 1.807) is 47.0 Å². The fourth-order valence-electron chi connectivity index (χ4n) is 3.53. The van der Waals surface area contributed by atoms with Crippen molar-refractivity contribution in [1.29, 1.82) is 0 Å². The fourth-order valence-corrected chi connectivity index (χ4v) is 4.29. The summed E-state index contributed by atoms with van der Waals surface area (Å²) < 4.78 is 16.3. The van der Waals surface area contributed by atoms with Gasteiger partial charge in [-0.15, -0.1) is 10.2 Å². The molecule has 1 heterocycles. The number of amides is 2. The van der Waals surface area contributed by atoms with Crippen LogP contribution in [0.15, 0.2) is 84.0 Å². The second-order valence-electron chi connectivity index (χ2n) is 7.77. The lowest BCUT2D eigenvalue weighted by Gasteiger charge is -2.17. The Kier molecular flexibility index (Phi) is 7.57. The summed E-state index contributed by atoms with van der Waals surface area (Å²) in [5.74, 6) is -0.763. The number of carbonyl (C=O) groups excluding carboxylic acids is 2. The number of thioether (sulfide) groups is 1. The highest BCUT2D eigenvalue weighted by atomic mass is 32.2. The SMILES string of the molecule is CNC(=O)C(NC(=O)CSc1nnc(-c2ccccc2F)n1-c1ccc(C)cc1)c1ccccc1. The standard InChI is InChI=1S/C26H24FN5O2S/c1-17-12-14-19(15-13-17)32-24(20-10-6-7-11-21(20)27)30-31-26(32)35-16-22(33)29-23(25(34)28-2)18-8-4-3-5-9-18/h3-15,23H,16H2,1-2H3,(H,28,34)(H,29,33). The van der Waals surface area contributed by atoms with Crippen LogP contribution in [0.1, 0.15) is 17.2 Å². The molecule has 0 spiro atoms. The molecule has 0 radical (unpaired) electrons. The Morgan fingerprint density at radius 3 is 2.34 bits per heavy atom. The third kappa shape index (κ3) is 5.58. The molecule has 0 aliphatic heterocycles. The maximum atomic E-state index is 14.6. The molecule has 2 amide bonds. The number of nitrogens with zero attached hydrogens (tertiary/aromatic N) is 3. The maximum Gasteiger partial charge on any atom is 0.246 e. The predicted molar refractivity (Wildman–Crippen MR) is 134 cm³/mol. The summed E-state index contributed by atoms with van der Waals surface area (Å²) >= 11 is 1.16. The van der Waals surface area contributed by atoms with Crippen molar-refractivity contribution in [3.8, 4) is 17.1 Å². The van der Waals surface area contributed by atoms with Crippen LogP contribution >= 0.6 is 11.8 Å². The number of benzene rings is 3. The van der Waals surface area contributed by atoms with Crippen LogP contribution < -0.4 is 10.6 Å². The zero-order valence-electron chi connectivity index (χ0n) is 19.2. The maximum absolute atomic E-state index is 14.6. The van der Waals surface area contributed by atoms with Crippen LogP contribution in [0.2, 0.25) is 0 Å². The van der Waals surface area contributed by atoms with Crippen molar-refractivity contribution < 1.29 is 14.0 Å². The normalized spacial score (nSPS) is 11.6. The van der Waals surface area contributed by atoms with E-state index in [2.05, 4.69) is 20.8 Å². The molecule has 1 unspecified atom stereocenters. The van der Waals surface area contributed by atoms with E-state index >= 15 is 0 Å². The first-order chi connectivity index (χ1) is 17.0. The number of aromatic nitrogens is 3. The first-order valence-electron chi connectivity index (χ1n) is 10.9. The minimum atomic E-state index is -0.821. The van der Waals surface area contributed by atoms with Gasteiger partial charge in [0.2, 0.25) is 11.8 Å². The molecule has 0 fully saturated rings. The molecule has 0 saturated carbocycles. The lowest BCUT2D eigenvalue weighted by Crippen LogP contribution is -2.39. The molecule has 0 saturated heterocycles. The van der Waals surface area contributed by atoms with E-state index in [1.807, 2.05) is 37.3 Å². The smallest absolute Gasteiger partial charge is 0.246 e. The molecule has 2 N–H and O–H groups in total. The number of nitrogens with one attached hydrogen (secondary N) is 2. The summed E-state index contributed by atoms with van der Waals surface area (Å²) in [4.78, 5) is 25.2. The van der Waals surface area contributed by atoms with Gasteiger partial charge in [-0.1, -0.05) is 71.9 Å². The monoisotopic (exact) mass is 489 g/mol. The molecule has 9 heteroatoms. The van der Waals surface area contributed by atoms with Crippen molar-refractivity contribution in [3.05, 3.63) is 95.8 Å². The van der Waals surface area contributed by atoms with Crippen LogP contribution in [0.3, 0.4) is 0 Å². The zero-order valence-corrected chi connectivity index (χ0v) is 20.1. The second-order valence-corrected chi connectivity index (χ2v) is 8.71. The van der Waals surface area contributed by atoms with Crippen molar-refractivity contribution in [1.82, 2.24) is 25.4 Å². The lowest BCUT2D eigenvalue weighted by molar-refractivity contribution is -0.127.